The Morgan fingerprint density at radius 2 is 1.20 bits per heavy atom. The molecule has 0 aromatic heterocycles. The van der Waals surface area contributed by atoms with Crippen LogP contribution in [0.1, 0.15) is 12.8 Å². The molecule has 3 N–H and O–H groups in total. The maximum Gasteiger partial charge on any atom is 1.00 e. The van der Waals surface area contributed by atoms with Crippen molar-refractivity contribution >= 4 is 11.9 Å². The summed E-state index contributed by atoms with van der Waals surface area (Å²) in [6.07, 6.45) is -0.593. The van der Waals surface area contributed by atoms with Gasteiger partial charge < -0.3 is 15.7 Å². The SMILES string of the molecule is O=C(O)CCC(=O)O.[K+].[OH-]. The Labute approximate surface area is 100 Å². The minimum absolute atomic E-state index is 0. The first-order valence-electron chi connectivity index (χ1n) is 2.06. The summed E-state index contributed by atoms with van der Waals surface area (Å²) in [6.45, 7) is 0. The van der Waals surface area contributed by atoms with Crippen molar-refractivity contribution < 1.29 is 76.7 Å². The molecule has 0 amide bonds. The summed E-state index contributed by atoms with van der Waals surface area (Å²) in [4.78, 5) is 19.3. The van der Waals surface area contributed by atoms with Gasteiger partial charge in [0.1, 0.15) is 0 Å². The van der Waals surface area contributed by atoms with Crippen molar-refractivity contribution in [1.82, 2.24) is 0 Å². The molecule has 0 saturated heterocycles. The van der Waals surface area contributed by atoms with Gasteiger partial charge in [-0.25, -0.2) is 0 Å². The Kier molecular flexibility index (Phi) is 16.1. The van der Waals surface area contributed by atoms with E-state index < -0.39 is 11.9 Å². The first-order valence-corrected chi connectivity index (χ1v) is 2.06. The third kappa shape index (κ3) is 15.8. The fourth-order valence-corrected chi connectivity index (χ4v) is 0.214. The van der Waals surface area contributed by atoms with Gasteiger partial charge in [-0.05, 0) is 0 Å². The normalized spacial score (nSPS) is 6.80. The Morgan fingerprint density at radius 3 is 1.30 bits per heavy atom. The fourth-order valence-electron chi connectivity index (χ4n) is 0.214. The molecule has 0 aliphatic rings. The molecule has 0 spiro atoms. The maximum atomic E-state index is 9.64. The summed E-state index contributed by atoms with van der Waals surface area (Å²) in [5.41, 5.74) is 0. The summed E-state index contributed by atoms with van der Waals surface area (Å²) in [5, 5.41) is 15.8. The molecule has 6 heteroatoms. The third-order valence-corrected chi connectivity index (χ3v) is 0.553. The second kappa shape index (κ2) is 9.54. The van der Waals surface area contributed by atoms with Gasteiger partial charge in [0.2, 0.25) is 0 Å². The number of carboxylic acids is 2. The van der Waals surface area contributed by atoms with Crippen LogP contribution >= 0.6 is 0 Å². The van der Waals surface area contributed by atoms with Crippen molar-refractivity contribution in [2.24, 2.45) is 0 Å². The molecular weight excluding hydrogens is 167 g/mol. The second-order valence-electron chi connectivity index (χ2n) is 1.29. The van der Waals surface area contributed by atoms with Crippen molar-refractivity contribution in [3.05, 3.63) is 0 Å². The van der Waals surface area contributed by atoms with Crippen LogP contribution in [0.15, 0.2) is 0 Å². The summed E-state index contributed by atoms with van der Waals surface area (Å²) < 4.78 is 0. The van der Waals surface area contributed by atoms with E-state index in [0.29, 0.717) is 0 Å². The standard InChI is InChI=1S/C4H6O4.K.H2O/c5-3(6)1-2-4(7)8;;/h1-2H2,(H,5,6)(H,7,8);;1H2/q;+1;/p-1. The van der Waals surface area contributed by atoms with Crippen LogP contribution in [0.4, 0.5) is 0 Å². The smallest absolute Gasteiger partial charge is 0.870 e. The molecule has 0 bridgehead atoms. The van der Waals surface area contributed by atoms with Gasteiger partial charge in [-0.1, -0.05) is 0 Å². The van der Waals surface area contributed by atoms with Crippen LogP contribution in [-0.2, 0) is 9.59 Å². The van der Waals surface area contributed by atoms with E-state index in [4.69, 9.17) is 10.2 Å². The molecular formula is C4H7KO5. The van der Waals surface area contributed by atoms with E-state index in [-0.39, 0.29) is 69.7 Å². The average molecular weight is 174 g/mol. The van der Waals surface area contributed by atoms with Crippen molar-refractivity contribution in [2.75, 3.05) is 0 Å². The predicted octanol–water partition coefficient (Wildman–Crippen LogP) is -3.24. The van der Waals surface area contributed by atoms with Gasteiger partial charge in [0.15, 0.2) is 0 Å². The first kappa shape index (κ1) is 16.9. The Bertz CT molecular complexity index is 98.2. The van der Waals surface area contributed by atoms with E-state index in [1.807, 2.05) is 0 Å². The molecule has 0 aromatic rings. The Balaban J connectivity index is -0.000000245. The maximum absolute atomic E-state index is 9.64. The quantitative estimate of drug-likeness (QED) is 0.437. The van der Waals surface area contributed by atoms with E-state index in [9.17, 15) is 9.59 Å². The van der Waals surface area contributed by atoms with Gasteiger partial charge in [-0.2, -0.15) is 0 Å². The van der Waals surface area contributed by atoms with Gasteiger partial charge in [0, 0.05) is 0 Å². The molecule has 0 aliphatic heterocycles. The zero-order valence-electron chi connectivity index (χ0n) is 5.57. The molecule has 0 rings (SSSR count). The zero-order valence-corrected chi connectivity index (χ0v) is 8.70. The van der Waals surface area contributed by atoms with E-state index >= 15 is 0 Å². The summed E-state index contributed by atoms with van der Waals surface area (Å²) in [7, 11) is 0. The molecule has 0 atom stereocenters. The number of aliphatic carboxylic acids is 2. The van der Waals surface area contributed by atoms with E-state index in [1.54, 1.807) is 0 Å². The monoisotopic (exact) mass is 174 g/mol. The average Bonchev–Trinajstić information content (AvgIpc) is 1.61. The van der Waals surface area contributed by atoms with Gasteiger partial charge in [-0.15, -0.1) is 0 Å². The molecule has 0 unspecified atom stereocenters. The molecule has 5 nitrogen and oxygen atoms in total. The first-order chi connectivity index (χ1) is 3.63. The second-order valence-corrected chi connectivity index (χ2v) is 1.29. The Hall–Kier alpha value is 0.536. The van der Waals surface area contributed by atoms with Crippen molar-refractivity contribution in [1.29, 1.82) is 0 Å². The van der Waals surface area contributed by atoms with Crippen LogP contribution in [0, 0.1) is 0 Å². The molecule has 0 aliphatic carbocycles. The zero-order chi connectivity index (χ0) is 6.57. The van der Waals surface area contributed by atoms with Crippen LogP contribution < -0.4 is 51.4 Å². The van der Waals surface area contributed by atoms with Crippen molar-refractivity contribution in [2.45, 2.75) is 12.8 Å². The van der Waals surface area contributed by atoms with E-state index in [2.05, 4.69) is 0 Å². The van der Waals surface area contributed by atoms with E-state index in [0.717, 1.165) is 0 Å². The van der Waals surface area contributed by atoms with Crippen LogP contribution in [-0.4, -0.2) is 27.6 Å². The summed E-state index contributed by atoms with van der Waals surface area (Å²) in [6, 6.07) is 0. The number of rotatable bonds is 3. The Morgan fingerprint density at radius 1 is 1.00 bits per heavy atom. The summed E-state index contributed by atoms with van der Waals surface area (Å²) >= 11 is 0. The fraction of sp³-hybridized carbons (Fsp3) is 0.500. The van der Waals surface area contributed by atoms with Gasteiger partial charge in [0.25, 0.3) is 0 Å². The largest absolute Gasteiger partial charge is 1.00 e. The van der Waals surface area contributed by atoms with Crippen LogP contribution in [0.25, 0.3) is 0 Å². The van der Waals surface area contributed by atoms with Gasteiger partial charge in [-0.3, -0.25) is 9.59 Å². The molecule has 0 heterocycles. The molecule has 0 saturated carbocycles. The molecule has 0 aromatic carbocycles. The molecule has 0 fully saturated rings. The number of hydrogen-bond acceptors (Lipinski definition) is 3. The minimum Gasteiger partial charge on any atom is -0.870 e. The van der Waals surface area contributed by atoms with Crippen molar-refractivity contribution in [3.63, 3.8) is 0 Å². The van der Waals surface area contributed by atoms with Crippen LogP contribution in [0.5, 0.6) is 0 Å². The predicted molar refractivity (Wildman–Crippen MR) is 26.4 cm³/mol. The molecule has 0 radical (unpaired) electrons. The number of carbonyl (C=O) groups is 2. The van der Waals surface area contributed by atoms with Crippen LogP contribution in [0.3, 0.4) is 0 Å². The third-order valence-electron chi connectivity index (χ3n) is 0.553. The minimum atomic E-state index is -1.08. The molecule has 54 valence electrons. The van der Waals surface area contributed by atoms with Gasteiger partial charge in [0.05, 0.1) is 12.8 Å². The van der Waals surface area contributed by atoms with Gasteiger partial charge >= 0.3 is 63.3 Å². The van der Waals surface area contributed by atoms with E-state index in [1.165, 1.54) is 0 Å². The summed E-state index contributed by atoms with van der Waals surface area (Å²) in [5.74, 6) is -2.15. The topological polar surface area (TPSA) is 105 Å². The number of carboxylic acid groups (broad SMARTS) is 2. The molecule has 10 heavy (non-hydrogen) atoms. The van der Waals surface area contributed by atoms with Crippen LogP contribution in [0.2, 0.25) is 0 Å². The number of hydrogen-bond donors (Lipinski definition) is 2. The van der Waals surface area contributed by atoms with Crippen molar-refractivity contribution in [3.8, 4) is 0 Å².